The number of nitrogens with zero attached hydrogens (tertiary/aromatic N) is 3. The highest BCUT2D eigenvalue weighted by Gasteiger charge is 2.12. The second-order valence-corrected chi connectivity index (χ2v) is 7.29. The first-order valence-electron chi connectivity index (χ1n) is 9.62. The Balaban J connectivity index is 1.60. The van der Waals surface area contributed by atoms with Crippen LogP contribution in [0.5, 0.6) is 5.75 Å². The maximum absolute atomic E-state index is 12.6. The van der Waals surface area contributed by atoms with Crippen molar-refractivity contribution in [1.82, 2.24) is 9.83 Å². The summed E-state index contributed by atoms with van der Waals surface area (Å²) in [6.45, 7) is 1.90. The fraction of sp³-hybridized carbons (Fsp3) is 0.174. The Kier molecular flexibility index (Phi) is 5.21. The molecule has 0 unspecified atom stereocenters. The van der Waals surface area contributed by atoms with Crippen LogP contribution in [-0.4, -0.2) is 37.7 Å². The second-order valence-electron chi connectivity index (χ2n) is 7.29. The number of methoxy groups -OCH3 is 1. The molecule has 2 heterocycles. The monoisotopic (exact) mass is 418 g/mol. The third-order valence-corrected chi connectivity index (χ3v) is 5.02. The first-order chi connectivity index (χ1) is 14.9. The van der Waals surface area contributed by atoms with Gasteiger partial charge in [0, 0.05) is 31.4 Å². The van der Waals surface area contributed by atoms with Crippen LogP contribution in [0.3, 0.4) is 0 Å². The summed E-state index contributed by atoms with van der Waals surface area (Å²) in [6, 6.07) is 14.0. The van der Waals surface area contributed by atoms with Crippen molar-refractivity contribution in [1.29, 1.82) is 0 Å². The van der Waals surface area contributed by atoms with E-state index in [1.54, 1.807) is 42.0 Å². The molecule has 0 aliphatic rings. The molecule has 0 aliphatic carbocycles. The summed E-state index contributed by atoms with van der Waals surface area (Å²) in [5.74, 6) is 0.320. The zero-order valence-electron chi connectivity index (χ0n) is 17.7. The molecular weight excluding hydrogens is 396 g/mol. The number of hydrazone groups is 1. The van der Waals surface area contributed by atoms with Gasteiger partial charge in [0.15, 0.2) is 0 Å². The lowest BCUT2D eigenvalue weighted by atomic mass is 10.1. The number of ether oxygens (including phenoxy) is 1. The van der Waals surface area contributed by atoms with E-state index >= 15 is 0 Å². The number of hydrogen-bond acceptors (Lipinski definition) is 6. The van der Waals surface area contributed by atoms with Crippen molar-refractivity contribution in [3.8, 4) is 5.75 Å². The van der Waals surface area contributed by atoms with E-state index in [0.717, 1.165) is 16.9 Å². The standard InChI is InChI=1S/C23H22N4O4/c1-14-5-10-21-27(14)19-12-16(7-8-17(19)23(29)31-21)22(28)25-24-13-15-6-9-18(26(2)3)20(11-15)30-4/h5-13H,1-4H3,(H,25,28)/b24-13+. The van der Waals surface area contributed by atoms with Crippen LogP contribution in [0.4, 0.5) is 5.69 Å². The van der Waals surface area contributed by atoms with Crippen molar-refractivity contribution < 1.29 is 13.9 Å². The number of aromatic nitrogens is 1. The molecule has 2 aromatic heterocycles. The number of benzene rings is 2. The fourth-order valence-electron chi connectivity index (χ4n) is 3.46. The van der Waals surface area contributed by atoms with E-state index in [0.29, 0.717) is 27.9 Å². The summed E-state index contributed by atoms with van der Waals surface area (Å²) in [5.41, 5.74) is 6.12. The van der Waals surface area contributed by atoms with Gasteiger partial charge in [-0.2, -0.15) is 5.10 Å². The summed E-state index contributed by atoms with van der Waals surface area (Å²) >= 11 is 0. The third-order valence-electron chi connectivity index (χ3n) is 5.02. The molecule has 0 saturated heterocycles. The molecule has 2 aromatic carbocycles. The number of rotatable bonds is 5. The smallest absolute Gasteiger partial charge is 0.346 e. The van der Waals surface area contributed by atoms with E-state index in [-0.39, 0.29) is 5.91 Å². The van der Waals surface area contributed by atoms with E-state index in [1.807, 2.05) is 50.2 Å². The molecule has 0 aliphatic heterocycles. The number of carbonyl (C=O) groups excluding carboxylic acids is 1. The van der Waals surface area contributed by atoms with Crippen LogP contribution in [0.2, 0.25) is 0 Å². The Labute approximate surface area is 178 Å². The Bertz CT molecular complexity index is 1380. The molecule has 0 fully saturated rings. The summed E-state index contributed by atoms with van der Waals surface area (Å²) in [6.07, 6.45) is 1.55. The van der Waals surface area contributed by atoms with Crippen molar-refractivity contribution in [3.63, 3.8) is 0 Å². The topological polar surface area (TPSA) is 88.5 Å². The number of amides is 1. The van der Waals surface area contributed by atoms with Gasteiger partial charge >= 0.3 is 5.63 Å². The molecule has 31 heavy (non-hydrogen) atoms. The second kappa shape index (κ2) is 7.98. The van der Waals surface area contributed by atoms with Crippen molar-refractivity contribution >= 4 is 34.4 Å². The molecule has 0 spiro atoms. The van der Waals surface area contributed by atoms with E-state index in [2.05, 4.69) is 10.5 Å². The van der Waals surface area contributed by atoms with Crippen molar-refractivity contribution in [3.05, 3.63) is 75.8 Å². The van der Waals surface area contributed by atoms with Crippen LogP contribution in [0.1, 0.15) is 21.6 Å². The number of aryl methyl sites for hydroxylation is 1. The number of carbonyl (C=O) groups is 1. The van der Waals surface area contributed by atoms with Crippen LogP contribution in [-0.2, 0) is 0 Å². The molecule has 1 N–H and O–H groups in total. The van der Waals surface area contributed by atoms with Crippen LogP contribution in [0.25, 0.3) is 16.6 Å². The van der Waals surface area contributed by atoms with Gasteiger partial charge in [-0.05, 0) is 48.9 Å². The summed E-state index contributed by atoms with van der Waals surface area (Å²) in [5, 5.41) is 4.46. The molecule has 8 nitrogen and oxygen atoms in total. The molecular formula is C23H22N4O4. The first-order valence-corrected chi connectivity index (χ1v) is 9.62. The molecule has 1 amide bonds. The van der Waals surface area contributed by atoms with Gasteiger partial charge in [0.05, 0.1) is 29.9 Å². The number of fused-ring (bicyclic) bond motifs is 3. The molecule has 0 saturated carbocycles. The van der Waals surface area contributed by atoms with Crippen molar-refractivity contribution in [2.75, 3.05) is 26.1 Å². The zero-order valence-corrected chi connectivity index (χ0v) is 17.7. The van der Waals surface area contributed by atoms with Crippen LogP contribution < -0.4 is 20.7 Å². The Morgan fingerprint density at radius 3 is 2.71 bits per heavy atom. The average molecular weight is 418 g/mol. The van der Waals surface area contributed by atoms with Crippen LogP contribution >= 0.6 is 0 Å². The highest BCUT2D eigenvalue weighted by atomic mass is 16.5. The summed E-state index contributed by atoms with van der Waals surface area (Å²) in [4.78, 5) is 26.8. The van der Waals surface area contributed by atoms with Gasteiger partial charge in [-0.1, -0.05) is 6.07 Å². The number of nitrogens with one attached hydrogen (secondary N) is 1. The largest absolute Gasteiger partial charge is 0.495 e. The summed E-state index contributed by atoms with van der Waals surface area (Å²) in [7, 11) is 5.47. The van der Waals surface area contributed by atoms with Crippen molar-refractivity contribution in [2.45, 2.75) is 6.92 Å². The molecule has 0 atom stereocenters. The normalized spacial score (nSPS) is 11.4. The zero-order chi connectivity index (χ0) is 22.1. The summed E-state index contributed by atoms with van der Waals surface area (Å²) < 4.78 is 12.5. The van der Waals surface area contributed by atoms with Gasteiger partial charge < -0.3 is 14.1 Å². The molecule has 4 rings (SSSR count). The Morgan fingerprint density at radius 2 is 1.97 bits per heavy atom. The molecule has 158 valence electrons. The minimum absolute atomic E-state index is 0.380. The van der Waals surface area contributed by atoms with Gasteiger partial charge in [0.2, 0.25) is 5.71 Å². The van der Waals surface area contributed by atoms with E-state index < -0.39 is 5.63 Å². The maximum Gasteiger partial charge on any atom is 0.346 e. The molecule has 0 radical (unpaired) electrons. The molecule has 4 aromatic rings. The van der Waals surface area contributed by atoms with Crippen LogP contribution in [0.15, 0.2) is 62.8 Å². The van der Waals surface area contributed by atoms with Gasteiger partial charge in [-0.15, -0.1) is 0 Å². The highest BCUT2D eigenvalue weighted by molar-refractivity contribution is 5.98. The van der Waals surface area contributed by atoms with Crippen molar-refractivity contribution in [2.24, 2.45) is 5.10 Å². The van der Waals surface area contributed by atoms with Gasteiger partial charge in [0.1, 0.15) is 5.75 Å². The first kappa shape index (κ1) is 20.2. The lowest BCUT2D eigenvalue weighted by molar-refractivity contribution is 0.0955. The van der Waals surface area contributed by atoms with Gasteiger partial charge in [-0.3, -0.25) is 9.20 Å². The number of anilines is 1. The number of hydrogen-bond donors (Lipinski definition) is 1. The van der Waals surface area contributed by atoms with Crippen LogP contribution in [0, 0.1) is 6.92 Å². The third kappa shape index (κ3) is 3.75. The molecule has 0 bridgehead atoms. The lowest BCUT2D eigenvalue weighted by Crippen LogP contribution is -2.18. The molecule has 8 heteroatoms. The lowest BCUT2D eigenvalue weighted by Gasteiger charge is -2.16. The SMILES string of the molecule is COc1cc(/C=N/NC(=O)c2ccc3c(=O)oc4ccc(C)n4c3c2)ccc1N(C)C. The fourth-order valence-corrected chi connectivity index (χ4v) is 3.46. The highest BCUT2D eigenvalue weighted by Crippen LogP contribution is 2.27. The van der Waals surface area contributed by atoms with Gasteiger partial charge in [0.25, 0.3) is 5.91 Å². The maximum atomic E-state index is 12.6. The Morgan fingerprint density at radius 1 is 1.16 bits per heavy atom. The van der Waals surface area contributed by atoms with E-state index in [9.17, 15) is 9.59 Å². The van der Waals surface area contributed by atoms with E-state index in [1.165, 1.54) is 0 Å². The minimum Gasteiger partial charge on any atom is -0.495 e. The predicted molar refractivity (Wildman–Crippen MR) is 121 cm³/mol. The Hall–Kier alpha value is -4.07. The quantitative estimate of drug-likeness (QED) is 0.397. The predicted octanol–water partition coefficient (Wildman–Crippen LogP) is 3.19. The van der Waals surface area contributed by atoms with E-state index in [4.69, 9.17) is 9.15 Å². The average Bonchev–Trinajstić information content (AvgIpc) is 3.13. The minimum atomic E-state index is -0.444. The van der Waals surface area contributed by atoms with Gasteiger partial charge in [-0.25, -0.2) is 10.2 Å².